The summed E-state index contributed by atoms with van der Waals surface area (Å²) >= 11 is 0. The van der Waals surface area contributed by atoms with Crippen molar-refractivity contribution in [3.8, 4) is 0 Å². The molecular formula is C19H24N2O2. The molecule has 1 saturated heterocycles. The number of hydrogen-bond acceptors (Lipinski definition) is 2. The van der Waals surface area contributed by atoms with E-state index in [-0.39, 0.29) is 17.9 Å². The van der Waals surface area contributed by atoms with Crippen molar-refractivity contribution in [1.29, 1.82) is 0 Å². The molecule has 1 aromatic carbocycles. The first-order valence-corrected chi connectivity index (χ1v) is 8.45. The highest BCUT2D eigenvalue weighted by molar-refractivity contribution is 5.88. The number of carbonyl (C=O) groups is 2. The minimum Gasteiger partial charge on any atom is -0.337 e. The Labute approximate surface area is 137 Å². The second-order valence-corrected chi connectivity index (χ2v) is 6.40. The third-order valence-corrected chi connectivity index (χ3v) is 4.93. The lowest BCUT2D eigenvalue weighted by atomic mass is 9.99. The smallest absolute Gasteiger partial charge is 0.245 e. The average molecular weight is 312 g/mol. The van der Waals surface area contributed by atoms with E-state index in [1.165, 1.54) is 11.1 Å². The quantitative estimate of drug-likeness (QED) is 0.842. The highest BCUT2D eigenvalue weighted by atomic mass is 16.2. The van der Waals surface area contributed by atoms with Crippen molar-refractivity contribution >= 4 is 17.4 Å². The molecule has 0 unspecified atom stereocenters. The molecule has 0 aromatic heterocycles. The molecule has 0 saturated carbocycles. The van der Waals surface area contributed by atoms with Crippen molar-refractivity contribution in [2.45, 2.75) is 38.1 Å². The lowest BCUT2D eigenvalue weighted by Gasteiger charge is -2.33. The van der Waals surface area contributed by atoms with E-state index in [9.17, 15) is 9.59 Å². The Hall–Kier alpha value is -2.10. The zero-order valence-corrected chi connectivity index (χ0v) is 13.7. The van der Waals surface area contributed by atoms with Gasteiger partial charge in [0.2, 0.25) is 11.8 Å². The SMILES string of the molecule is CN1C(=O)CCCC[C@H]1C(=O)N1CC=C(c2ccccc2)CC1. The topological polar surface area (TPSA) is 40.6 Å². The second-order valence-electron chi connectivity index (χ2n) is 6.40. The molecule has 2 heterocycles. The van der Waals surface area contributed by atoms with Crippen LogP contribution in [-0.4, -0.2) is 47.8 Å². The number of benzene rings is 1. The minimum atomic E-state index is -0.281. The molecule has 2 aliphatic rings. The van der Waals surface area contributed by atoms with E-state index in [1.54, 1.807) is 11.9 Å². The van der Waals surface area contributed by atoms with Gasteiger partial charge in [-0.25, -0.2) is 0 Å². The first-order chi connectivity index (χ1) is 11.2. The standard InChI is InChI=1S/C19H24N2O2/c1-20-17(9-5-6-10-18(20)22)19(23)21-13-11-16(12-14-21)15-7-3-2-4-8-15/h2-4,7-8,11,17H,5-6,9-10,12-14H2,1H3/t17-/m0/s1. The van der Waals surface area contributed by atoms with Crippen LogP contribution >= 0.6 is 0 Å². The highest BCUT2D eigenvalue weighted by Crippen LogP contribution is 2.24. The van der Waals surface area contributed by atoms with Gasteiger partial charge in [-0.3, -0.25) is 9.59 Å². The van der Waals surface area contributed by atoms with Crippen molar-refractivity contribution in [2.75, 3.05) is 20.1 Å². The number of carbonyl (C=O) groups excluding carboxylic acids is 2. The first kappa shape index (κ1) is 15.8. The molecule has 2 aliphatic heterocycles. The normalized spacial score (nSPS) is 22.6. The second kappa shape index (κ2) is 6.99. The molecule has 0 radical (unpaired) electrons. The van der Waals surface area contributed by atoms with Gasteiger partial charge in [-0.05, 0) is 30.4 Å². The molecule has 0 spiro atoms. The van der Waals surface area contributed by atoms with Crippen LogP contribution in [0.4, 0.5) is 0 Å². The third-order valence-electron chi connectivity index (χ3n) is 4.93. The number of nitrogens with zero attached hydrogens (tertiary/aromatic N) is 2. The molecule has 0 N–H and O–H groups in total. The Balaban J connectivity index is 1.68. The predicted molar refractivity (Wildman–Crippen MR) is 90.6 cm³/mol. The van der Waals surface area contributed by atoms with Crippen LogP contribution in [0.2, 0.25) is 0 Å². The summed E-state index contributed by atoms with van der Waals surface area (Å²) in [5.74, 6) is 0.199. The Bertz CT molecular complexity index is 609. The van der Waals surface area contributed by atoms with Crippen LogP contribution in [-0.2, 0) is 9.59 Å². The van der Waals surface area contributed by atoms with Gasteiger partial charge in [-0.2, -0.15) is 0 Å². The van der Waals surface area contributed by atoms with E-state index in [1.807, 2.05) is 23.1 Å². The van der Waals surface area contributed by atoms with Gasteiger partial charge in [0.25, 0.3) is 0 Å². The van der Waals surface area contributed by atoms with Crippen molar-refractivity contribution in [3.63, 3.8) is 0 Å². The first-order valence-electron chi connectivity index (χ1n) is 8.45. The Morgan fingerprint density at radius 1 is 1.13 bits per heavy atom. The van der Waals surface area contributed by atoms with Crippen molar-refractivity contribution in [3.05, 3.63) is 42.0 Å². The van der Waals surface area contributed by atoms with E-state index in [0.29, 0.717) is 13.0 Å². The Morgan fingerprint density at radius 3 is 2.61 bits per heavy atom. The molecule has 3 rings (SSSR count). The molecular weight excluding hydrogens is 288 g/mol. The molecule has 1 fully saturated rings. The van der Waals surface area contributed by atoms with Crippen molar-refractivity contribution < 1.29 is 9.59 Å². The molecule has 122 valence electrons. The van der Waals surface area contributed by atoms with Crippen LogP contribution in [0.5, 0.6) is 0 Å². The van der Waals surface area contributed by atoms with E-state index < -0.39 is 0 Å². The van der Waals surface area contributed by atoms with E-state index in [0.717, 1.165) is 32.2 Å². The van der Waals surface area contributed by atoms with Gasteiger partial charge in [0, 0.05) is 26.6 Å². The molecule has 0 bridgehead atoms. The zero-order valence-electron chi connectivity index (χ0n) is 13.7. The lowest BCUT2D eigenvalue weighted by Crippen LogP contribution is -2.49. The minimum absolute atomic E-state index is 0.0957. The van der Waals surface area contributed by atoms with Crippen molar-refractivity contribution in [1.82, 2.24) is 9.80 Å². The van der Waals surface area contributed by atoms with E-state index in [2.05, 4.69) is 18.2 Å². The third kappa shape index (κ3) is 3.46. The van der Waals surface area contributed by atoms with Crippen LogP contribution in [0, 0.1) is 0 Å². The fourth-order valence-electron chi connectivity index (χ4n) is 3.44. The summed E-state index contributed by atoms with van der Waals surface area (Å²) in [7, 11) is 1.77. The fraction of sp³-hybridized carbons (Fsp3) is 0.474. The van der Waals surface area contributed by atoms with Crippen LogP contribution in [0.25, 0.3) is 5.57 Å². The highest BCUT2D eigenvalue weighted by Gasteiger charge is 2.32. The summed E-state index contributed by atoms with van der Waals surface area (Å²) in [4.78, 5) is 28.4. The maximum Gasteiger partial charge on any atom is 0.245 e. The summed E-state index contributed by atoms with van der Waals surface area (Å²) in [6.45, 7) is 1.37. The van der Waals surface area contributed by atoms with Crippen LogP contribution in [0.3, 0.4) is 0 Å². The molecule has 2 amide bonds. The predicted octanol–water partition coefficient (Wildman–Crippen LogP) is 2.70. The summed E-state index contributed by atoms with van der Waals surface area (Å²) in [5, 5.41) is 0. The van der Waals surface area contributed by atoms with E-state index in [4.69, 9.17) is 0 Å². The van der Waals surface area contributed by atoms with Crippen LogP contribution < -0.4 is 0 Å². The van der Waals surface area contributed by atoms with Crippen LogP contribution in [0.1, 0.15) is 37.7 Å². The van der Waals surface area contributed by atoms with E-state index >= 15 is 0 Å². The Morgan fingerprint density at radius 2 is 1.91 bits per heavy atom. The number of amides is 2. The maximum absolute atomic E-state index is 12.8. The number of likely N-dealkylation sites (N-methyl/N-ethyl adjacent to an activating group) is 1. The summed E-state index contributed by atoms with van der Waals surface area (Å²) < 4.78 is 0. The molecule has 1 aromatic rings. The van der Waals surface area contributed by atoms with Gasteiger partial charge in [-0.1, -0.05) is 42.8 Å². The van der Waals surface area contributed by atoms with Gasteiger partial charge < -0.3 is 9.80 Å². The Kier molecular flexibility index (Phi) is 4.79. The van der Waals surface area contributed by atoms with Gasteiger partial charge in [-0.15, -0.1) is 0 Å². The van der Waals surface area contributed by atoms with Gasteiger partial charge >= 0.3 is 0 Å². The van der Waals surface area contributed by atoms with Crippen molar-refractivity contribution in [2.24, 2.45) is 0 Å². The number of rotatable bonds is 2. The average Bonchev–Trinajstić information content (AvgIpc) is 2.77. The number of likely N-dealkylation sites (tertiary alicyclic amines) is 1. The van der Waals surface area contributed by atoms with Gasteiger partial charge in [0.1, 0.15) is 6.04 Å². The molecule has 23 heavy (non-hydrogen) atoms. The lowest BCUT2D eigenvalue weighted by molar-refractivity contribution is -0.143. The maximum atomic E-state index is 12.8. The van der Waals surface area contributed by atoms with Crippen LogP contribution in [0.15, 0.2) is 36.4 Å². The van der Waals surface area contributed by atoms with Gasteiger partial charge in [0.15, 0.2) is 0 Å². The monoisotopic (exact) mass is 312 g/mol. The molecule has 0 aliphatic carbocycles. The zero-order chi connectivity index (χ0) is 16.2. The molecule has 1 atom stereocenters. The number of hydrogen-bond donors (Lipinski definition) is 0. The summed E-state index contributed by atoms with van der Waals surface area (Å²) in [5.41, 5.74) is 2.54. The summed E-state index contributed by atoms with van der Waals surface area (Å²) in [6, 6.07) is 10.0. The molecule has 4 heteroatoms. The summed E-state index contributed by atoms with van der Waals surface area (Å²) in [6.07, 6.45) is 6.22. The fourth-order valence-corrected chi connectivity index (χ4v) is 3.44. The van der Waals surface area contributed by atoms with Gasteiger partial charge in [0.05, 0.1) is 0 Å². The molecule has 4 nitrogen and oxygen atoms in total. The largest absolute Gasteiger partial charge is 0.337 e.